The van der Waals surface area contributed by atoms with Crippen molar-refractivity contribution in [2.75, 3.05) is 23.3 Å². The summed E-state index contributed by atoms with van der Waals surface area (Å²) >= 11 is 0. The quantitative estimate of drug-likeness (QED) is 0.875. The predicted molar refractivity (Wildman–Crippen MR) is 98.1 cm³/mol. The molecule has 26 heavy (non-hydrogen) atoms. The number of halogens is 1. The van der Waals surface area contributed by atoms with Gasteiger partial charge in [0, 0.05) is 19.1 Å². The Balaban J connectivity index is 1.69. The lowest BCUT2D eigenvalue weighted by atomic mass is 10.0. The van der Waals surface area contributed by atoms with Crippen molar-refractivity contribution in [3.05, 3.63) is 58.9 Å². The van der Waals surface area contributed by atoms with Gasteiger partial charge < -0.3 is 15.3 Å². The van der Waals surface area contributed by atoms with Gasteiger partial charge in [-0.25, -0.2) is 9.18 Å². The van der Waals surface area contributed by atoms with E-state index in [0.29, 0.717) is 11.1 Å². The average Bonchev–Trinajstić information content (AvgIpc) is 2.64. The molecule has 0 bridgehead atoms. The summed E-state index contributed by atoms with van der Waals surface area (Å²) < 4.78 is 14.2. The Kier molecular flexibility index (Phi) is 5.08. The summed E-state index contributed by atoms with van der Waals surface area (Å²) in [7, 11) is 0. The second-order valence-corrected chi connectivity index (χ2v) is 6.49. The summed E-state index contributed by atoms with van der Waals surface area (Å²) in [5.74, 6) is -1.50. The number of carbonyl (C=O) groups is 1. The van der Waals surface area contributed by atoms with Gasteiger partial charge in [-0.1, -0.05) is 12.1 Å². The fourth-order valence-electron chi connectivity index (χ4n) is 3.34. The van der Waals surface area contributed by atoms with Crippen LogP contribution in [0.25, 0.3) is 0 Å². The number of nitrogens with zero attached hydrogens (tertiary/aromatic N) is 2. The van der Waals surface area contributed by atoms with Gasteiger partial charge in [-0.15, -0.1) is 0 Å². The summed E-state index contributed by atoms with van der Waals surface area (Å²) in [4.78, 5) is 13.4. The van der Waals surface area contributed by atoms with Gasteiger partial charge in [0.25, 0.3) is 0 Å². The second-order valence-electron chi connectivity index (χ2n) is 6.49. The number of para-hydroxylation sites is 1. The largest absolute Gasteiger partial charge is 0.478 e. The highest BCUT2D eigenvalue weighted by Crippen LogP contribution is 2.27. The van der Waals surface area contributed by atoms with E-state index in [1.165, 1.54) is 12.1 Å². The zero-order chi connectivity index (χ0) is 18.7. The van der Waals surface area contributed by atoms with E-state index in [1.807, 2.05) is 18.2 Å². The lowest BCUT2D eigenvalue weighted by molar-refractivity contribution is 0.0696. The van der Waals surface area contributed by atoms with Crippen molar-refractivity contribution in [1.82, 2.24) is 0 Å². The fourth-order valence-corrected chi connectivity index (χ4v) is 3.34. The first-order valence-corrected chi connectivity index (χ1v) is 8.53. The molecule has 0 spiro atoms. The van der Waals surface area contributed by atoms with Gasteiger partial charge in [0.15, 0.2) is 0 Å². The van der Waals surface area contributed by atoms with Crippen LogP contribution in [0.4, 0.5) is 15.8 Å². The first-order valence-electron chi connectivity index (χ1n) is 8.53. The molecule has 1 heterocycles. The molecular weight excluding hydrogens is 333 g/mol. The van der Waals surface area contributed by atoms with E-state index in [0.717, 1.165) is 31.6 Å². The number of piperidine rings is 1. The van der Waals surface area contributed by atoms with Crippen molar-refractivity contribution in [3.63, 3.8) is 0 Å². The maximum Gasteiger partial charge on any atom is 0.336 e. The van der Waals surface area contributed by atoms with E-state index < -0.39 is 11.8 Å². The Bertz CT molecular complexity index is 868. The number of carboxylic acids is 1. The van der Waals surface area contributed by atoms with Gasteiger partial charge in [-0.3, -0.25) is 0 Å². The summed E-state index contributed by atoms with van der Waals surface area (Å²) in [6, 6.07) is 12.4. The first kappa shape index (κ1) is 17.7. The van der Waals surface area contributed by atoms with Crippen LogP contribution in [0.15, 0.2) is 36.4 Å². The molecule has 0 aromatic heterocycles. The maximum atomic E-state index is 14.2. The van der Waals surface area contributed by atoms with E-state index >= 15 is 0 Å². The first-order chi connectivity index (χ1) is 12.5. The number of anilines is 2. The lowest BCUT2D eigenvalue weighted by Crippen LogP contribution is -2.39. The Morgan fingerprint density at radius 1 is 1.31 bits per heavy atom. The Morgan fingerprint density at radius 3 is 2.65 bits per heavy atom. The molecule has 0 unspecified atom stereocenters. The third-order valence-corrected chi connectivity index (χ3v) is 4.76. The number of nitrogens with one attached hydrogen (secondary N) is 1. The third kappa shape index (κ3) is 3.62. The zero-order valence-electron chi connectivity index (χ0n) is 14.5. The van der Waals surface area contributed by atoms with Crippen molar-refractivity contribution in [1.29, 1.82) is 5.26 Å². The monoisotopic (exact) mass is 353 g/mol. The third-order valence-electron chi connectivity index (χ3n) is 4.76. The summed E-state index contributed by atoms with van der Waals surface area (Å²) in [6.07, 6.45) is 1.55. The van der Waals surface area contributed by atoms with Gasteiger partial charge in [-0.2, -0.15) is 5.26 Å². The van der Waals surface area contributed by atoms with Crippen LogP contribution in [0.1, 0.15) is 34.3 Å². The maximum absolute atomic E-state index is 14.2. The van der Waals surface area contributed by atoms with Gasteiger partial charge >= 0.3 is 5.97 Å². The summed E-state index contributed by atoms with van der Waals surface area (Å²) in [5, 5.41) is 21.6. The van der Waals surface area contributed by atoms with Crippen LogP contribution in [0.5, 0.6) is 0 Å². The minimum Gasteiger partial charge on any atom is -0.478 e. The predicted octanol–water partition coefficient (Wildman–Crippen LogP) is 3.78. The fraction of sp³-hybridized carbons (Fsp3) is 0.300. The molecule has 0 radical (unpaired) electrons. The molecule has 1 fully saturated rings. The second kappa shape index (κ2) is 7.44. The van der Waals surface area contributed by atoms with Gasteiger partial charge in [0.1, 0.15) is 11.9 Å². The number of aryl methyl sites for hydroxylation is 1. The topological polar surface area (TPSA) is 76.4 Å². The van der Waals surface area contributed by atoms with Crippen LogP contribution in [-0.4, -0.2) is 30.2 Å². The van der Waals surface area contributed by atoms with Gasteiger partial charge in [0.05, 0.1) is 22.5 Å². The average molecular weight is 353 g/mol. The SMILES string of the molecule is Cc1cc(F)c(NC2CCN(c3ccccc3C#N)CC2)cc1C(=O)O. The van der Waals surface area contributed by atoms with Crippen LogP contribution >= 0.6 is 0 Å². The highest BCUT2D eigenvalue weighted by atomic mass is 19.1. The molecule has 2 aromatic carbocycles. The molecule has 5 nitrogen and oxygen atoms in total. The highest BCUT2D eigenvalue weighted by Gasteiger charge is 2.22. The van der Waals surface area contributed by atoms with Crippen LogP contribution in [-0.2, 0) is 0 Å². The molecule has 0 saturated carbocycles. The summed E-state index contributed by atoms with van der Waals surface area (Å²) in [5.41, 5.74) is 2.30. The number of rotatable bonds is 4. The van der Waals surface area contributed by atoms with Gasteiger partial charge in [0.2, 0.25) is 0 Å². The van der Waals surface area contributed by atoms with E-state index in [-0.39, 0.29) is 17.3 Å². The van der Waals surface area contributed by atoms with Crippen molar-refractivity contribution in [2.24, 2.45) is 0 Å². The van der Waals surface area contributed by atoms with Crippen molar-refractivity contribution in [2.45, 2.75) is 25.8 Å². The van der Waals surface area contributed by atoms with Crippen LogP contribution < -0.4 is 10.2 Å². The van der Waals surface area contributed by atoms with E-state index in [4.69, 9.17) is 0 Å². The number of benzene rings is 2. The molecule has 0 aliphatic carbocycles. The van der Waals surface area contributed by atoms with E-state index in [2.05, 4.69) is 16.3 Å². The number of hydrogen-bond acceptors (Lipinski definition) is 4. The van der Waals surface area contributed by atoms with Crippen LogP contribution in [0, 0.1) is 24.1 Å². The van der Waals surface area contributed by atoms with E-state index in [9.17, 15) is 19.6 Å². The Morgan fingerprint density at radius 2 is 2.00 bits per heavy atom. The minimum atomic E-state index is -1.06. The minimum absolute atomic E-state index is 0.0550. The molecule has 1 saturated heterocycles. The van der Waals surface area contributed by atoms with Crippen molar-refractivity contribution < 1.29 is 14.3 Å². The summed E-state index contributed by atoms with van der Waals surface area (Å²) in [6.45, 7) is 3.08. The molecule has 2 N–H and O–H groups in total. The molecule has 2 aromatic rings. The molecular formula is C20H20FN3O2. The molecule has 3 rings (SSSR count). The number of nitriles is 1. The lowest BCUT2D eigenvalue weighted by Gasteiger charge is -2.35. The molecule has 134 valence electrons. The molecule has 0 amide bonds. The van der Waals surface area contributed by atoms with E-state index in [1.54, 1.807) is 13.0 Å². The molecule has 0 atom stereocenters. The normalized spacial score (nSPS) is 14.7. The van der Waals surface area contributed by atoms with Crippen molar-refractivity contribution >= 4 is 17.3 Å². The molecule has 6 heteroatoms. The molecule has 1 aliphatic heterocycles. The number of hydrogen-bond donors (Lipinski definition) is 2. The highest BCUT2D eigenvalue weighted by molar-refractivity contribution is 5.90. The zero-order valence-corrected chi connectivity index (χ0v) is 14.5. The number of aromatic carboxylic acids is 1. The Hall–Kier alpha value is -3.07. The molecule has 1 aliphatic rings. The smallest absolute Gasteiger partial charge is 0.336 e. The number of carboxylic acid groups (broad SMARTS) is 1. The van der Waals surface area contributed by atoms with Crippen LogP contribution in [0.2, 0.25) is 0 Å². The standard InChI is InChI=1S/C20H20FN3O2/c1-13-10-17(21)18(11-16(13)20(25)26)23-15-6-8-24(9-7-15)19-5-3-2-4-14(19)12-22/h2-5,10-11,15,23H,6-9H2,1H3,(H,25,26). The van der Waals surface area contributed by atoms with Crippen molar-refractivity contribution in [3.8, 4) is 6.07 Å². The van der Waals surface area contributed by atoms with Gasteiger partial charge in [-0.05, 0) is 49.6 Å². The Labute approximate surface area is 151 Å². The van der Waals surface area contributed by atoms with Crippen LogP contribution in [0.3, 0.4) is 0 Å².